The van der Waals surface area contributed by atoms with E-state index in [4.69, 9.17) is 4.52 Å². The van der Waals surface area contributed by atoms with Gasteiger partial charge in [0.15, 0.2) is 0 Å². The van der Waals surface area contributed by atoms with Crippen molar-refractivity contribution in [3.05, 3.63) is 39.8 Å². The van der Waals surface area contributed by atoms with Crippen LogP contribution in [0.1, 0.15) is 25.3 Å². The Morgan fingerprint density at radius 3 is 2.85 bits per heavy atom. The number of nitrogens with one attached hydrogen (secondary N) is 1. The van der Waals surface area contributed by atoms with Crippen molar-refractivity contribution in [2.24, 2.45) is 0 Å². The zero-order valence-corrected chi connectivity index (χ0v) is 11.6. The number of nitro benzene ring substituents is 1. The van der Waals surface area contributed by atoms with Crippen molar-refractivity contribution in [3.63, 3.8) is 0 Å². The van der Waals surface area contributed by atoms with Crippen LogP contribution in [0.5, 0.6) is 0 Å². The zero-order chi connectivity index (χ0) is 14.7. The molecule has 0 aliphatic heterocycles. The second-order valence-electron chi connectivity index (χ2n) is 4.80. The van der Waals surface area contributed by atoms with Gasteiger partial charge in [0.2, 0.25) is 11.7 Å². The normalized spacial score (nSPS) is 11.0. The van der Waals surface area contributed by atoms with Crippen LogP contribution >= 0.6 is 0 Å². The maximum Gasteiger partial charge on any atom is 0.270 e. The smallest absolute Gasteiger partial charge is 0.270 e. The van der Waals surface area contributed by atoms with E-state index in [1.807, 2.05) is 20.8 Å². The summed E-state index contributed by atoms with van der Waals surface area (Å²) in [5, 5.41) is 17.9. The molecule has 0 aliphatic carbocycles. The van der Waals surface area contributed by atoms with E-state index in [1.165, 1.54) is 12.1 Å². The van der Waals surface area contributed by atoms with E-state index in [-0.39, 0.29) is 5.69 Å². The van der Waals surface area contributed by atoms with Gasteiger partial charge in [-0.25, -0.2) is 0 Å². The number of benzene rings is 1. The van der Waals surface area contributed by atoms with Crippen LogP contribution in [0.25, 0.3) is 11.4 Å². The van der Waals surface area contributed by atoms with E-state index in [1.54, 1.807) is 6.07 Å². The summed E-state index contributed by atoms with van der Waals surface area (Å²) in [7, 11) is 0. The second kappa shape index (κ2) is 5.79. The largest absolute Gasteiger partial charge is 0.338 e. The number of nitrogens with zero attached hydrogens (tertiary/aromatic N) is 3. The fourth-order valence-corrected chi connectivity index (χ4v) is 1.69. The molecule has 7 heteroatoms. The number of non-ortho nitro benzene ring substituents is 1. The molecule has 0 spiro atoms. The molecule has 1 aromatic carbocycles. The molecule has 0 saturated carbocycles. The maximum absolute atomic E-state index is 10.8. The third-order valence-corrected chi connectivity index (χ3v) is 2.80. The molecule has 20 heavy (non-hydrogen) atoms. The number of rotatable bonds is 5. The Morgan fingerprint density at radius 2 is 2.20 bits per heavy atom. The Labute approximate surface area is 116 Å². The maximum atomic E-state index is 10.8. The van der Waals surface area contributed by atoms with Crippen LogP contribution in [-0.4, -0.2) is 21.1 Å². The number of aryl methyl sites for hydroxylation is 1. The first-order valence-corrected chi connectivity index (χ1v) is 6.28. The van der Waals surface area contributed by atoms with Crippen LogP contribution < -0.4 is 5.32 Å². The van der Waals surface area contributed by atoms with E-state index >= 15 is 0 Å². The molecule has 0 unspecified atom stereocenters. The molecule has 0 radical (unpaired) electrons. The van der Waals surface area contributed by atoms with Crippen LogP contribution in [0.15, 0.2) is 22.7 Å². The zero-order valence-electron chi connectivity index (χ0n) is 11.6. The van der Waals surface area contributed by atoms with E-state index in [0.717, 1.165) is 5.56 Å². The Balaban J connectivity index is 2.27. The van der Waals surface area contributed by atoms with Gasteiger partial charge in [0, 0.05) is 23.7 Å². The van der Waals surface area contributed by atoms with Crippen molar-refractivity contribution < 1.29 is 9.45 Å². The molecule has 2 rings (SSSR count). The number of nitro groups is 1. The number of aromatic nitrogens is 2. The van der Waals surface area contributed by atoms with Crippen molar-refractivity contribution in [1.29, 1.82) is 0 Å². The molecule has 0 bridgehead atoms. The molecule has 0 atom stereocenters. The van der Waals surface area contributed by atoms with E-state index in [0.29, 0.717) is 29.9 Å². The van der Waals surface area contributed by atoms with E-state index in [2.05, 4.69) is 15.5 Å². The minimum atomic E-state index is -0.440. The van der Waals surface area contributed by atoms with Crippen LogP contribution in [0.4, 0.5) is 5.69 Å². The molecule has 1 heterocycles. The predicted octanol–water partition coefficient (Wildman–Crippen LogP) is 2.45. The highest BCUT2D eigenvalue weighted by molar-refractivity contribution is 5.63. The van der Waals surface area contributed by atoms with E-state index in [9.17, 15) is 10.1 Å². The van der Waals surface area contributed by atoms with Crippen molar-refractivity contribution in [3.8, 4) is 11.4 Å². The highest BCUT2D eigenvalue weighted by atomic mass is 16.6. The lowest BCUT2D eigenvalue weighted by atomic mass is 10.1. The monoisotopic (exact) mass is 276 g/mol. The standard InChI is InChI=1S/C13H16N4O3/c1-8(2)14-7-12-15-13(16-20-12)11-6-10(17(18)19)5-4-9(11)3/h4-6,8,14H,7H2,1-3H3. The van der Waals surface area contributed by atoms with Gasteiger partial charge in [0.1, 0.15) is 0 Å². The first-order chi connectivity index (χ1) is 9.47. The minimum Gasteiger partial charge on any atom is -0.338 e. The Hall–Kier alpha value is -2.28. The average molecular weight is 276 g/mol. The molecule has 1 N–H and O–H groups in total. The number of hydrogen-bond donors (Lipinski definition) is 1. The molecule has 0 aliphatic rings. The second-order valence-corrected chi connectivity index (χ2v) is 4.80. The molecule has 7 nitrogen and oxygen atoms in total. The van der Waals surface area contributed by atoms with Crippen LogP contribution in [0.2, 0.25) is 0 Å². The van der Waals surface area contributed by atoms with Gasteiger partial charge in [-0.3, -0.25) is 10.1 Å². The molecule has 106 valence electrons. The quantitative estimate of drug-likeness (QED) is 0.665. The third-order valence-electron chi connectivity index (χ3n) is 2.80. The Morgan fingerprint density at radius 1 is 1.45 bits per heavy atom. The summed E-state index contributed by atoms with van der Waals surface area (Å²) in [4.78, 5) is 14.6. The first kappa shape index (κ1) is 14.1. The van der Waals surface area contributed by atoms with Gasteiger partial charge < -0.3 is 9.84 Å². The summed E-state index contributed by atoms with van der Waals surface area (Å²) >= 11 is 0. The topological polar surface area (TPSA) is 94.1 Å². The summed E-state index contributed by atoms with van der Waals surface area (Å²) in [6.07, 6.45) is 0. The lowest BCUT2D eigenvalue weighted by Crippen LogP contribution is -2.21. The summed E-state index contributed by atoms with van der Waals surface area (Å²) in [6, 6.07) is 4.90. The highest BCUT2D eigenvalue weighted by Gasteiger charge is 2.15. The molecule has 0 saturated heterocycles. The molecule has 2 aromatic rings. The molecule has 0 amide bonds. The SMILES string of the molecule is Cc1ccc([N+](=O)[O-])cc1-c1noc(CNC(C)C)n1. The van der Waals surface area contributed by atoms with Gasteiger partial charge in [0.25, 0.3) is 5.69 Å². The molecule has 0 fully saturated rings. The average Bonchev–Trinajstić information content (AvgIpc) is 2.85. The molecular weight excluding hydrogens is 260 g/mol. The van der Waals surface area contributed by atoms with Gasteiger partial charge in [0.05, 0.1) is 11.5 Å². The minimum absolute atomic E-state index is 0.0113. The Kier molecular flexibility index (Phi) is 4.09. The van der Waals surface area contributed by atoms with Gasteiger partial charge in [-0.05, 0) is 12.5 Å². The summed E-state index contributed by atoms with van der Waals surface area (Å²) in [6.45, 7) is 6.35. The van der Waals surface area contributed by atoms with Gasteiger partial charge >= 0.3 is 0 Å². The molecule has 1 aromatic heterocycles. The fourth-order valence-electron chi connectivity index (χ4n) is 1.69. The number of hydrogen-bond acceptors (Lipinski definition) is 6. The molecular formula is C13H16N4O3. The fraction of sp³-hybridized carbons (Fsp3) is 0.385. The van der Waals surface area contributed by atoms with Crippen LogP contribution in [0.3, 0.4) is 0 Å². The van der Waals surface area contributed by atoms with Gasteiger partial charge in [-0.15, -0.1) is 0 Å². The summed E-state index contributed by atoms with van der Waals surface area (Å²) in [5.74, 6) is 0.825. The van der Waals surface area contributed by atoms with Crippen molar-refractivity contribution in [2.45, 2.75) is 33.4 Å². The van der Waals surface area contributed by atoms with Crippen molar-refractivity contribution in [2.75, 3.05) is 0 Å². The highest BCUT2D eigenvalue weighted by Crippen LogP contribution is 2.25. The summed E-state index contributed by atoms with van der Waals surface area (Å²) < 4.78 is 5.13. The third kappa shape index (κ3) is 3.18. The lowest BCUT2D eigenvalue weighted by Gasteiger charge is -2.03. The van der Waals surface area contributed by atoms with Crippen LogP contribution in [0, 0.1) is 17.0 Å². The van der Waals surface area contributed by atoms with E-state index < -0.39 is 4.92 Å². The summed E-state index contributed by atoms with van der Waals surface area (Å²) in [5.41, 5.74) is 1.48. The first-order valence-electron chi connectivity index (χ1n) is 6.28. The van der Waals surface area contributed by atoms with Crippen molar-refractivity contribution in [1.82, 2.24) is 15.5 Å². The van der Waals surface area contributed by atoms with Crippen molar-refractivity contribution >= 4 is 5.69 Å². The van der Waals surface area contributed by atoms with Gasteiger partial charge in [-0.1, -0.05) is 25.1 Å². The predicted molar refractivity (Wildman–Crippen MR) is 73.1 cm³/mol. The van der Waals surface area contributed by atoms with Crippen LogP contribution in [-0.2, 0) is 6.54 Å². The Bertz CT molecular complexity index is 622. The van der Waals surface area contributed by atoms with Gasteiger partial charge in [-0.2, -0.15) is 4.98 Å². The lowest BCUT2D eigenvalue weighted by molar-refractivity contribution is -0.384.